The maximum absolute atomic E-state index is 4.06. The van der Waals surface area contributed by atoms with Crippen molar-refractivity contribution in [3.8, 4) is 0 Å². The van der Waals surface area contributed by atoms with Gasteiger partial charge in [-0.1, -0.05) is 20.4 Å². The lowest BCUT2D eigenvalue weighted by atomic mass is 10.2. The third-order valence-corrected chi connectivity index (χ3v) is 2.19. The summed E-state index contributed by atoms with van der Waals surface area (Å²) < 4.78 is 0. The fourth-order valence-corrected chi connectivity index (χ4v) is 1.30. The van der Waals surface area contributed by atoms with Gasteiger partial charge in [-0.2, -0.15) is 0 Å². The molecule has 0 rings (SSSR count). The molecule has 0 heterocycles. The van der Waals surface area contributed by atoms with Crippen molar-refractivity contribution in [2.75, 3.05) is 26.2 Å². The van der Waals surface area contributed by atoms with E-state index in [4.69, 9.17) is 0 Å². The molecule has 0 spiro atoms. The van der Waals surface area contributed by atoms with E-state index in [2.05, 4.69) is 44.5 Å². The lowest BCUT2D eigenvalue weighted by Crippen LogP contribution is -2.34. The van der Waals surface area contributed by atoms with Crippen LogP contribution in [0.2, 0.25) is 0 Å². The Bertz CT molecular complexity index is 141. The van der Waals surface area contributed by atoms with Gasteiger partial charge in [0.25, 0.3) is 0 Å². The molecule has 0 aliphatic carbocycles. The topological polar surface area (TPSA) is 15.3 Å². The van der Waals surface area contributed by atoms with E-state index in [9.17, 15) is 0 Å². The first kappa shape index (κ1) is 12.7. The summed E-state index contributed by atoms with van der Waals surface area (Å²) in [6, 6.07) is 0.614. The molecule has 0 aliphatic heterocycles. The van der Waals surface area contributed by atoms with Crippen LogP contribution in [0.1, 0.15) is 27.7 Å². The van der Waals surface area contributed by atoms with E-state index in [1.54, 1.807) is 0 Å². The van der Waals surface area contributed by atoms with Crippen molar-refractivity contribution >= 4 is 0 Å². The van der Waals surface area contributed by atoms with Crippen LogP contribution in [0, 0.1) is 0 Å². The molecule has 13 heavy (non-hydrogen) atoms. The summed E-state index contributed by atoms with van der Waals surface area (Å²) in [4.78, 5) is 2.42. The molecular weight excluding hydrogens is 160 g/mol. The van der Waals surface area contributed by atoms with Crippen LogP contribution in [0.3, 0.4) is 0 Å². The lowest BCUT2D eigenvalue weighted by molar-refractivity contribution is 0.252. The summed E-state index contributed by atoms with van der Waals surface area (Å²) in [6.07, 6.45) is 0. The molecule has 0 aromatic rings. The fourth-order valence-electron chi connectivity index (χ4n) is 1.30. The van der Waals surface area contributed by atoms with Crippen LogP contribution in [0.15, 0.2) is 12.2 Å². The van der Waals surface area contributed by atoms with E-state index in [1.807, 2.05) is 0 Å². The van der Waals surface area contributed by atoms with E-state index in [0.29, 0.717) is 6.04 Å². The summed E-state index contributed by atoms with van der Waals surface area (Å²) in [5.74, 6) is 0. The maximum atomic E-state index is 4.06. The lowest BCUT2D eigenvalue weighted by Gasteiger charge is -2.25. The van der Waals surface area contributed by atoms with Crippen LogP contribution in [-0.4, -0.2) is 37.1 Å². The molecule has 0 fully saturated rings. The van der Waals surface area contributed by atoms with Crippen molar-refractivity contribution in [1.82, 2.24) is 10.2 Å². The second-order valence-corrected chi connectivity index (χ2v) is 3.69. The molecule has 0 saturated carbocycles. The van der Waals surface area contributed by atoms with Gasteiger partial charge in [0.05, 0.1) is 0 Å². The number of hydrogen-bond acceptors (Lipinski definition) is 2. The van der Waals surface area contributed by atoms with Crippen LogP contribution in [0.25, 0.3) is 0 Å². The van der Waals surface area contributed by atoms with Crippen LogP contribution in [-0.2, 0) is 0 Å². The normalized spacial score (nSPS) is 11.2. The highest BCUT2D eigenvalue weighted by molar-refractivity contribution is 4.99. The van der Waals surface area contributed by atoms with Gasteiger partial charge in [-0.15, -0.1) is 0 Å². The van der Waals surface area contributed by atoms with Gasteiger partial charge in [0.2, 0.25) is 0 Å². The molecule has 78 valence electrons. The molecule has 0 aromatic heterocycles. The van der Waals surface area contributed by atoms with E-state index >= 15 is 0 Å². The van der Waals surface area contributed by atoms with Crippen molar-refractivity contribution < 1.29 is 0 Å². The summed E-state index contributed by atoms with van der Waals surface area (Å²) in [7, 11) is 0. The summed E-state index contributed by atoms with van der Waals surface area (Å²) in [6.45, 7) is 16.9. The van der Waals surface area contributed by atoms with Crippen molar-refractivity contribution in [3.05, 3.63) is 12.2 Å². The molecule has 0 aliphatic rings. The summed E-state index contributed by atoms with van der Waals surface area (Å²) in [5.41, 5.74) is 1.28. The first-order valence-corrected chi connectivity index (χ1v) is 5.23. The maximum Gasteiger partial charge on any atom is 0.0205 e. The zero-order valence-electron chi connectivity index (χ0n) is 9.56. The minimum atomic E-state index is 0.614. The monoisotopic (exact) mass is 184 g/mol. The number of likely N-dealkylation sites (N-methyl/N-ethyl adjacent to an activating group) is 2. The molecule has 0 unspecified atom stereocenters. The standard InChI is InChI=1S/C11H24N2/c1-6-12-8-11(5)9-13(7-2)10(3)4/h10,12H,5-9H2,1-4H3. The smallest absolute Gasteiger partial charge is 0.0205 e. The molecule has 2 nitrogen and oxygen atoms in total. The summed E-state index contributed by atoms with van der Waals surface area (Å²) in [5, 5.41) is 3.29. The largest absolute Gasteiger partial charge is 0.313 e. The van der Waals surface area contributed by atoms with Gasteiger partial charge in [0.15, 0.2) is 0 Å². The highest BCUT2D eigenvalue weighted by Gasteiger charge is 2.07. The van der Waals surface area contributed by atoms with E-state index in [1.165, 1.54) is 5.57 Å². The van der Waals surface area contributed by atoms with E-state index in [0.717, 1.165) is 26.2 Å². The van der Waals surface area contributed by atoms with Crippen molar-refractivity contribution in [3.63, 3.8) is 0 Å². The van der Waals surface area contributed by atoms with Crippen LogP contribution < -0.4 is 5.32 Å². The highest BCUT2D eigenvalue weighted by Crippen LogP contribution is 2.01. The van der Waals surface area contributed by atoms with Crippen LogP contribution in [0.5, 0.6) is 0 Å². The van der Waals surface area contributed by atoms with E-state index in [-0.39, 0.29) is 0 Å². The first-order chi connectivity index (χ1) is 6.11. The Balaban J connectivity index is 3.73. The third-order valence-electron chi connectivity index (χ3n) is 2.19. The fraction of sp³-hybridized carbons (Fsp3) is 0.818. The molecular formula is C11H24N2. The van der Waals surface area contributed by atoms with Gasteiger partial charge < -0.3 is 5.32 Å². The van der Waals surface area contributed by atoms with Gasteiger partial charge in [-0.25, -0.2) is 0 Å². The minimum Gasteiger partial charge on any atom is -0.313 e. The van der Waals surface area contributed by atoms with Crippen molar-refractivity contribution in [1.29, 1.82) is 0 Å². The molecule has 0 saturated heterocycles. The van der Waals surface area contributed by atoms with Crippen LogP contribution >= 0.6 is 0 Å². The summed E-state index contributed by atoms with van der Waals surface area (Å²) >= 11 is 0. The Kier molecular flexibility index (Phi) is 6.92. The average molecular weight is 184 g/mol. The van der Waals surface area contributed by atoms with E-state index < -0.39 is 0 Å². The molecule has 0 bridgehead atoms. The van der Waals surface area contributed by atoms with Gasteiger partial charge in [-0.05, 0) is 32.5 Å². The van der Waals surface area contributed by atoms with Crippen molar-refractivity contribution in [2.24, 2.45) is 0 Å². The first-order valence-electron chi connectivity index (χ1n) is 5.23. The van der Waals surface area contributed by atoms with Crippen molar-refractivity contribution in [2.45, 2.75) is 33.7 Å². The molecule has 0 amide bonds. The Labute approximate surface area is 83.0 Å². The quantitative estimate of drug-likeness (QED) is 0.608. The zero-order valence-corrected chi connectivity index (χ0v) is 9.56. The highest BCUT2D eigenvalue weighted by atomic mass is 15.1. The second-order valence-electron chi connectivity index (χ2n) is 3.69. The minimum absolute atomic E-state index is 0.614. The predicted octanol–water partition coefficient (Wildman–Crippen LogP) is 1.88. The van der Waals surface area contributed by atoms with Gasteiger partial charge in [-0.3, -0.25) is 4.90 Å². The molecule has 0 aromatic carbocycles. The number of rotatable bonds is 7. The third kappa shape index (κ3) is 5.83. The Hall–Kier alpha value is -0.340. The number of hydrogen-bond donors (Lipinski definition) is 1. The zero-order chi connectivity index (χ0) is 10.3. The van der Waals surface area contributed by atoms with Gasteiger partial charge in [0.1, 0.15) is 0 Å². The molecule has 1 N–H and O–H groups in total. The molecule has 2 heteroatoms. The SMILES string of the molecule is C=C(CNCC)CN(CC)C(C)C. The van der Waals surface area contributed by atoms with Crippen LogP contribution in [0.4, 0.5) is 0 Å². The van der Waals surface area contributed by atoms with Gasteiger partial charge >= 0.3 is 0 Å². The second kappa shape index (κ2) is 7.10. The molecule has 0 radical (unpaired) electrons. The van der Waals surface area contributed by atoms with Gasteiger partial charge in [0, 0.05) is 19.1 Å². The number of nitrogens with one attached hydrogen (secondary N) is 1. The Morgan fingerprint density at radius 3 is 2.38 bits per heavy atom. The number of nitrogens with zero attached hydrogens (tertiary/aromatic N) is 1. The predicted molar refractivity (Wildman–Crippen MR) is 60.1 cm³/mol. The average Bonchev–Trinajstić information content (AvgIpc) is 2.10. The Morgan fingerprint density at radius 1 is 1.38 bits per heavy atom. The molecule has 0 atom stereocenters. The Morgan fingerprint density at radius 2 is 2.00 bits per heavy atom.